The number of fused-ring (bicyclic) bond motifs is 4. The van der Waals surface area contributed by atoms with Crippen LogP contribution in [0.5, 0.6) is 11.5 Å². The molecule has 1 saturated carbocycles. The summed E-state index contributed by atoms with van der Waals surface area (Å²) in [6, 6.07) is 10.5. The maximum atomic E-state index is 14.5. The van der Waals surface area contributed by atoms with Gasteiger partial charge in [-0.1, -0.05) is 40.9 Å². The zero-order valence-corrected chi connectivity index (χ0v) is 26.5. The van der Waals surface area contributed by atoms with Crippen molar-refractivity contribution in [2.75, 3.05) is 12.0 Å². The SMILES string of the molecule is COc1cc([C@H]2C3=CC[C@@H]4C(=O)N(Cc5cccs5)C(=O)[C@@H]4[C@@H]3C[C@H]3C(=O)N(c4ccc(F)c(Cl)c4)C(=O)[C@@]23C)cc(Cl)c1O. The third-order valence-electron chi connectivity index (χ3n) is 10.0. The molecule has 4 amide bonds. The Kier molecular flexibility index (Phi) is 7.11. The van der Waals surface area contributed by atoms with Crippen molar-refractivity contribution in [3.63, 3.8) is 0 Å². The third kappa shape index (κ3) is 4.29. The predicted octanol–water partition coefficient (Wildman–Crippen LogP) is 6.34. The number of carbonyl (C=O) groups excluding carboxylic acids is 4. The van der Waals surface area contributed by atoms with Gasteiger partial charge >= 0.3 is 0 Å². The van der Waals surface area contributed by atoms with Gasteiger partial charge in [-0.3, -0.25) is 24.1 Å². The van der Waals surface area contributed by atoms with Gasteiger partial charge in [-0.2, -0.15) is 0 Å². The summed E-state index contributed by atoms with van der Waals surface area (Å²) in [5.74, 6) is -5.91. The molecule has 1 aromatic heterocycles. The first-order valence-corrected chi connectivity index (χ1v) is 16.1. The molecule has 7 rings (SSSR count). The van der Waals surface area contributed by atoms with Gasteiger partial charge in [0.2, 0.25) is 23.6 Å². The van der Waals surface area contributed by atoms with Crippen LogP contribution in [-0.2, 0) is 25.7 Å². The summed E-state index contributed by atoms with van der Waals surface area (Å²) in [6.45, 7) is 1.89. The number of phenolic OH excluding ortho intramolecular Hbond substituents is 1. The van der Waals surface area contributed by atoms with Crippen LogP contribution in [0.1, 0.15) is 36.1 Å². The number of rotatable bonds is 5. The molecule has 3 aromatic rings. The summed E-state index contributed by atoms with van der Waals surface area (Å²) < 4.78 is 19.5. The molecule has 12 heteroatoms. The van der Waals surface area contributed by atoms with Gasteiger partial charge in [-0.15, -0.1) is 11.3 Å². The van der Waals surface area contributed by atoms with Gasteiger partial charge < -0.3 is 9.84 Å². The van der Waals surface area contributed by atoms with Crippen LogP contribution < -0.4 is 9.64 Å². The Bertz CT molecular complexity index is 1830. The lowest BCUT2D eigenvalue weighted by molar-refractivity contribution is -0.141. The Morgan fingerprint density at radius 1 is 1.04 bits per heavy atom. The standard InChI is InChI=1S/C33H27Cl2FN2O6S/c1-33-21(30(41)38(32(33)43)16-5-8-24(36)22(34)12-16)13-20-18(27(33)15-10-23(35)28(39)25(11-15)44-2)6-7-19-26(20)31(42)37(29(19)40)14-17-4-3-9-45-17/h3-6,8-12,19-21,26-27,39H,7,13-14H2,1-2H3/t19-,20+,21-,26-,27-,33+/m0/s1. The molecule has 4 aliphatic rings. The van der Waals surface area contributed by atoms with Crippen molar-refractivity contribution in [1.82, 2.24) is 4.90 Å². The van der Waals surface area contributed by atoms with Gasteiger partial charge in [0.1, 0.15) is 5.82 Å². The highest BCUT2D eigenvalue weighted by Crippen LogP contribution is 2.64. The highest BCUT2D eigenvalue weighted by atomic mass is 35.5. The van der Waals surface area contributed by atoms with E-state index in [4.69, 9.17) is 27.9 Å². The summed E-state index contributed by atoms with van der Waals surface area (Å²) in [7, 11) is 1.38. The molecule has 2 saturated heterocycles. The molecule has 0 radical (unpaired) electrons. The molecule has 1 N–H and O–H groups in total. The number of nitrogens with zero attached hydrogens (tertiary/aromatic N) is 2. The Balaban J connectivity index is 1.37. The average molecular weight is 670 g/mol. The lowest BCUT2D eigenvalue weighted by Gasteiger charge is -2.49. The van der Waals surface area contributed by atoms with Crippen LogP contribution in [0, 0.1) is 34.9 Å². The fourth-order valence-corrected chi connectivity index (χ4v) is 9.05. The summed E-state index contributed by atoms with van der Waals surface area (Å²) in [5.41, 5.74) is 0.0546. The van der Waals surface area contributed by atoms with Crippen LogP contribution in [0.4, 0.5) is 10.1 Å². The fourth-order valence-electron chi connectivity index (χ4n) is 7.96. The second kappa shape index (κ2) is 10.7. The maximum absolute atomic E-state index is 14.5. The minimum atomic E-state index is -1.36. The highest BCUT2D eigenvalue weighted by molar-refractivity contribution is 7.09. The minimum Gasteiger partial charge on any atom is -0.503 e. The lowest BCUT2D eigenvalue weighted by atomic mass is 9.51. The van der Waals surface area contributed by atoms with Crippen LogP contribution in [0.15, 0.2) is 59.5 Å². The van der Waals surface area contributed by atoms with Crippen molar-refractivity contribution in [2.24, 2.45) is 29.1 Å². The smallest absolute Gasteiger partial charge is 0.241 e. The van der Waals surface area contributed by atoms with Crippen molar-refractivity contribution in [3.05, 3.63) is 85.8 Å². The first kappa shape index (κ1) is 30.0. The zero-order chi connectivity index (χ0) is 31.9. The van der Waals surface area contributed by atoms with E-state index in [0.717, 1.165) is 21.4 Å². The van der Waals surface area contributed by atoms with E-state index in [1.54, 1.807) is 19.1 Å². The predicted molar refractivity (Wildman–Crippen MR) is 166 cm³/mol. The Labute approximate surface area is 272 Å². The second-order valence-electron chi connectivity index (χ2n) is 12.2. The van der Waals surface area contributed by atoms with Gasteiger partial charge in [-0.05, 0) is 73.0 Å². The largest absolute Gasteiger partial charge is 0.503 e. The molecule has 3 heterocycles. The number of hydrogen-bond donors (Lipinski definition) is 1. The van der Waals surface area contributed by atoms with Crippen molar-refractivity contribution in [3.8, 4) is 11.5 Å². The number of imide groups is 2. The van der Waals surface area contributed by atoms with E-state index in [1.165, 1.54) is 35.5 Å². The Morgan fingerprint density at radius 3 is 2.51 bits per heavy atom. The van der Waals surface area contributed by atoms with Gasteiger partial charge in [-0.25, -0.2) is 9.29 Å². The Morgan fingerprint density at radius 2 is 1.82 bits per heavy atom. The first-order valence-electron chi connectivity index (χ1n) is 14.4. The normalized spacial score (nSPS) is 29.1. The molecule has 0 bridgehead atoms. The second-order valence-corrected chi connectivity index (χ2v) is 14.0. The topological polar surface area (TPSA) is 104 Å². The van der Waals surface area contributed by atoms with Gasteiger partial charge in [0, 0.05) is 10.8 Å². The summed E-state index contributed by atoms with van der Waals surface area (Å²) >= 11 is 14.0. The van der Waals surface area contributed by atoms with E-state index in [-0.39, 0.29) is 52.0 Å². The van der Waals surface area contributed by atoms with E-state index in [2.05, 4.69) is 0 Å². The number of ether oxygens (including phenoxy) is 1. The molecule has 2 aliphatic carbocycles. The molecule has 232 valence electrons. The molecular weight excluding hydrogens is 642 g/mol. The number of phenols is 1. The molecular formula is C33H27Cl2FN2O6S. The van der Waals surface area contributed by atoms with Crippen LogP contribution >= 0.6 is 34.5 Å². The number of methoxy groups -OCH3 is 1. The average Bonchev–Trinajstić information content (AvgIpc) is 3.67. The van der Waals surface area contributed by atoms with E-state index in [1.807, 2.05) is 23.6 Å². The quantitative estimate of drug-likeness (QED) is 0.251. The van der Waals surface area contributed by atoms with Crippen molar-refractivity contribution in [1.29, 1.82) is 0 Å². The number of thiophene rings is 1. The molecule has 6 atom stereocenters. The molecule has 3 fully saturated rings. The first-order chi connectivity index (χ1) is 21.5. The maximum Gasteiger partial charge on any atom is 0.241 e. The zero-order valence-electron chi connectivity index (χ0n) is 24.1. The number of likely N-dealkylation sites (tertiary alicyclic amines) is 1. The van der Waals surface area contributed by atoms with Gasteiger partial charge in [0.25, 0.3) is 0 Å². The van der Waals surface area contributed by atoms with E-state index in [9.17, 15) is 28.7 Å². The van der Waals surface area contributed by atoms with Crippen LogP contribution in [0.3, 0.4) is 0 Å². The molecule has 0 unspecified atom stereocenters. The molecule has 2 aromatic carbocycles. The number of anilines is 1. The summed E-state index contributed by atoms with van der Waals surface area (Å²) in [4.78, 5) is 59.7. The number of carbonyl (C=O) groups is 4. The molecule has 0 spiro atoms. The number of hydrogen-bond acceptors (Lipinski definition) is 7. The molecule has 45 heavy (non-hydrogen) atoms. The van der Waals surface area contributed by atoms with Crippen molar-refractivity contribution < 1.29 is 33.4 Å². The molecule has 8 nitrogen and oxygen atoms in total. The number of amides is 4. The van der Waals surface area contributed by atoms with Crippen molar-refractivity contribution in [2.45, 2.75) is 32.2 Å². The number of aromatic hydroxyl groups is 1. The lowest BCUT2D eigenvalue weighted by Crippen LogP contribution is -2.48. The Hall–Kier alpha value is -3.73. The summed E-state index contributed by atoms with van der Waals surface area (Å²) in [6.07, 6.45) is 2.38. The monoisotopic (exact) mass is 668 g/mol. The minimum absolute atomic E-state index is 0.00546. The number of allylic oxidation sites excluding steroid dienone is 2. The van der Waals surface area contributed by atoms with Gasteiger partial charge in [0.15, 0.2) is 11.5 Å². The number of halogens is 3. The van der Waals surface area contributed by atoms with Crippen LogP contribution in [-0.4, -0.2) is 40.7 Å². The highest BCUT2D eigenvalue weighted by Gasteiger charge is 2.67. The van der Waals surface area contributed by atoms with Crippen molar-refractivity contribution >= 4 is 63.9 Å². The fraction of sp³-hybridized carbons (Fsp3) is 0.333. The third-order valence-corrected chi connectivity index (χ3v) is 11.5. The molecule has 2 aliphatic heterocycles. The van der Waals surface area contributed by atoms with Crippen LogP contribution in [0.25, 0.3) is 0 Å². The van der Waals surface area contributed by atoms with Crippen LogP contribution in [0.2, 0.25) is 10.0 Å². The van der Waals surface area contributed by atoms with Gasteiger partial charge in [0.05, 0.1) is 52.6 Å². The number of benzene rings is 2. The van der Waals surface area contributed by atoms with E-state index < -0.39 is 52.6 Å². The van der Waals surface area contributed by atoms with E-state index in [0.29, 0.717) is 12.0 Å². The van der Waals surface area contributed by atoms with E-state index >= 15 is 0 Å². The summed E-state index contributed by atoms with van der Waals surface area (Å²) in [5, 5.41) is 12.2.